The van der Waals surface area contributed by atoms with Gasteiger partial charge in [0.15, 0.2) is 9.84 Å². The molecule has 108 valence electrons. The molecule has 0 saturated carbocycles. The molecular weight excluding hydrogens is 264 g/mol. The van der Waals surface area contributed by atoms with Crippen LogP contribution in [-0.2, 0) is 9.84 Å². The lowest BCUT2D eigenvalue weighted by Gasteiger charge is -2.15. The Balaban J connectivity index is 2.75. The minimum absolute atomic E-state index is 0.0160. The molecule has 1 aromatic carbocycles. The summed E-state index contributed by atoms with van der Waals surface area (Å²) in [6.45, 7) is 6.99. The molecule has 0 aromatic heterocycles. The molecule has 0 aliphatic carbocycles. The zero-order valence-electron chi connectivity index (χ0n) is 11.9. The van der Waals surface area contributed by atoms with E-state index in [9.17, 15) is 13.5 Å². The first-order valence-electron chi connectivity index (χ1n) is 6.37. The molecule has 1 rings (SSSR count). The van der Waals surface area contributed by atoms with Crippen molar-refractivity contribution in [3.05, 3.63) is 29.3 Å². The van der Waals surface area contributed by atoms with Crippen molar-refractivity contribution in [1.82, 2.24) is 0 Å². The minimum Gasteiger partial charge on any atom is -0.492 e. The van der Waals surface area contributed by atoms with Gasteiger partial charge in [-0.15, -0.1) is 0 Å². The summed E-state index contributed by atoms with van der Waals surface area (Å²) in [5.74, 6) is 0.534. The van der Waals surface area contributed by atoms with Gasteiger partial charge in [0.2, 0.25) is 0 Å². The van der Waals surface area contributed by atoms with Gasteiger partial charge in [-0.05, 0) is 39.3 Å². The van der Waals surface area contributed by atoms with Gasteiger partial charge in [0.05, 0.1) is 17.1 Å². The Morgan fingerprint density at radius 3 is 2.42 bits per heavy atom. The van der Waals surface area contributed by atoms with E-state index in [1.807, 2.05) is 19.1 Å². The molecule has 0 fully saturated rings. The number of aliphatic hydroxyl groups is 1. The van der Waals surface area contributed by atoms with Crippen molar-refractivity contribution in [2.45, 2.75) is 39.0 Å². The fraction of sp³-hybridized carbons (Fsp3) is 0.571. The number of aliphatic hydroxyl groups excluding tert-OH is 1. The maximum absolute atomic E-state index is 11.7. The molecule has 19 heavy (non-hydrogen) atoms. The van der Waals surface area contributed by atoms with E-state index in [0.29, 0.717) is 11.3 Å². The maximum atomic E-state index is 11.7. The highest BCUT2D eigenvalue weighted by Gasteiger charge is 2.17. The number of ether oxygens (including phenoxy) is 1. The maximum Gasteiger partial charge on any atom is 0.155 e. The van der Waals surface area contributed by atoms with Gasteiger partial charge in [0, 0.05) is 5.56 Å². The summed E-state index contributed by atoms with van der Waals surface area (Å²) in [6.07, 6.45) is -0.641. The van der Waals surface area contributed by atoms with Gasteiger partial charge in [0.25, 0.3) is 0 Å². The molecule has 0 saturated heterocycles. The molecule has 5 heteroatoms. The topological polar surface area (TPSA) is 63.6 Å². The Morgan fingerprint density at radius 1 is 1.26 bits per heavy atom. The van der Waals surface area contributed by atoms with Crippen LogP contribution in [0, 0.1) is 6.92 Å². The fourth-order valence-electron chi connectivity index (χ4n) is 1.62. The van der Waals surface area contributed by atoms with Crippen LogP contribution in [0.2, 0.25) is 0 Å². The lowest BCUT2D eigenvalue weighted by molar-refractivity contribution is 0.192. The van der Waals surface area contributed by atoms with Crippen molar-refractivity contribution in [1.29, 1.82) is 0 Å². The Hall–Kier alpha value is -1.07. The zero-order chi connectivity index (χ0) is 14.6. The molecule has 0 amide bonds. The minimum atomic E-state index is -3.10. The van der Waals surface area contributed by atoms with Crippen molar-refractivity contribution in [3.8, 4) is 5.75 Å². The van der Waals surface area contributed by atoms with Crippen LogP contribution in [0.15, 0.2) is 18.2 Å². The van der Waals surface area contributed by atoms with E-state index in [0.717, 1.165) is 5.56 Å². The average Bonchev–Trinajstić information content (AvgIpc) is 2.28. The fourth-order valence-corrected chi connectivity index (χ4v) is 2.40. The van der Waals surface area contributed by atoms with Crippen LogP contribution in [0.1, 0.15) is 38.0 Å². The standard InChI is InChI=1S/C14H22O4S/c1-10(2)19(16,17)8-7-18-14-9-11(3)5-6-13(14)12(4)15/h5-6,9-10,12,15H,7-8H2,1-4H3/t12-/m0/s1. The first-order chi connectivity index (χ1) is 8.74. The van der Waals surface area contributed by atoms with Gasteiger partial charge < -0.3 is 9.84 Å². The Bertz CT molecular complexity index is 518. The number of benzene rings is 1. The van der Waals surface area contributed by atoms with E-state index in [1.54, 1.807) is 26.8 Å². The second-order valence-electron chi connectivity index (χ2n) is 4.98. The van der Waals surface area contributed by atoms with Crippen LogP contribution in [-0.4, -0.2) is 31.1 Å². The SMILES string of the molecule is Cc1ccc([C@H](C)O)c(OCCS(=O)(=O)C(C)C)c1. The molecule has 0 radical (unpaired) electrons. The highest BCUT2D eigenvalue weighted by atomic mass is 32.2. The average molecular weight is 286 g/mol. The number of aryl methyl sites for hydroxylation is 1. The van der Waals surface area contributed by atoms with E-state index >= 15 is 0 Å². The number of rotatable bonds is 6. The molecule has 1 aromatic rings. The van der Waals surface area contributed by atoms with Crippen molar-refractivity contribution in [3.63, 3.8) is 0 Å². The molecular formula is C14H22O4S. The molecule has 0 unspecified atom stereocenters. The largest absolute Gasteiger partial charge is 0.492 e. The quantitative estimate of drug-likeness (QED) is 0.871. The van der Waals surface area contributed by atoms with Gasteiger partial charge in [-0.2, -0.15) is 0 Å². The summed E-state index contributed by atoms with van der Waals surface area (Å²) in [7, 11) is -3.10. The van der Waals surface area contributed by atoms with E-state index in [-0.39, 0.29) is 12.4 Å². The Labute approximate surface area is 115 Å². The molecule has 1 N–H and O–H groups in total. The lowest BCUT2D eigenvalue weighted by atomic mass is 10.1. The molecule has 0 spiro atoms. The van der Waals surface area contributed by atoms with E-state index in [4.69, 9.17) is 4.74 Å². The van der Waals surface area contributed by atoms with E-state index in [1.165, 1.54) is 0 Å². The second-order valence-corrected chi connectivity index (χ2v) is 7.66. The van der Waals surface area contributed by atoms with Gasteiger partial charge in [-0.25, -0.2) is 8.42 Å². The predicted molar refractivity (Wildman–Crippen MR) is 76.2 cm³/mol. The summed E-state index contributed by atoms with van der Waals surface area (Å²) in [5, 5.41) is 9.25. The lowest BCUT2D eigenvalue weighted by Crippen LogP contribution is -2.22. The van der Waals surface area contributed by atoms with Gasteiger partial charge in [-0.1, -0.05) is 12.1 Å². The smallest absolute Gasteiger partial charge is 0.155 e. The molecule has 0 aliphatic rings. The Kier molecular flexibility index (Phi) is 5.38. The normalized spacial score (nSPS) is 13.6. The van der Waals surface area contributed by atoms with Crippen molar-refractivity contribution in [2.75, 3.05) is 12.4 Å². The third-order valence-electron chi connectivity index (χ3n) is 2.96. The van der Waals surface area contributed by atoms with Crippen molar-refractivity contribution < 1.29 is 18.3 Å². The molecule has 0 heterocycles. The zero-order valence-corrected chi connectivity index (χ0v) is 12.7. The molecule has 0 bridgehead atoms. The summed E-state index contributed by atoms with van der Waals surface area (Å²) < 4.78 is 28.9. The second kappa shape index (κ2) is 6.39. The van der Waals surface area contributed by atoms with Gasteiger partial charge >= 0.3 is 0 Å². The number of hydrogen-bond acceptors (Lipinski definition) is 4. The summed E-state index contributed by atoms with van der Waals surface area (Å²) in [5.41, 5.74) is 1.68. The van der Waals surface area contributed by atoms with E-state index in [2.05, 4.69) is 0 Å². The third kappa shape index (κ3) is 4.51. The summed E-state index contributed by atoms with van der Waals surface area (Å²) in [6, 6.07) is 5.50. The molecule has 1 atom stereocenters. The summed E-state index contributed by atoms with van der Waals surface area (Å²) in [4.78, 5) is 0. The van der Waals surface area contributed by atoms with Crippen LogP contribution in [0.3, 0.4) is 0 Å². The van der Waals surface area contributed by atoms with Crippen LogP contribution in [0.5, 0.6) is 5.75 Å². The van der Waals surface area contributed by atoms with Crippen LogP contribution in [0.4, 0.5) is 0 Å². The first kappa shape index (κ1) is 16.0. The highest BCUT2D eigenvalue weighted by molar-refractivity contribution is 7.91. The number of sulfone groups is 1. The monoisotopic (exact) mass is 286 g/mol. The van der Waals surface area contributed by atoms with Crippen molar-refractivity contribution >= 4 is 9.84 Å². The Morgan fingerprint density at radius 2 is 1.89 bits per heavy atom. The third-order valence-corrected chi connectivity index (χ3v) is 5.13. The van der Waals surface area contributed by atoms with Gasteiger partial charge in [-0.3, -0.25) is 0 Å². The number of hydrogen-bond donors (Lipinski definition) is 1. The molecule has 4 nitrogen and oxygen atoms in total. The first-order valence-corrected chi connectivity index (χ1v) is 8.08. The van der Waals surface area contributed by atoms with Crippen LogP contribution in [0.25, 0.3) is 0 Å². The van der Waals surface area contributed by atoms with Gasteiger partial charge in [0.1, 0.15) is 12.4 Å². The van der Waals surface area contributed by atoms with Crippen LogP contribution >= 0.6 is 0 Å². The molecule has 0 aliphatic heterocycles. The van der Waals surface area contributed by atoms with E-state index < -0.39 is 21.2 Å². The summed E-state index contributed by atoms with van der Waals surface area (Å²) >= 11 is 0. The van der Waals surface area contributed by atoms with Crippen LogP contribution < -0.4 is 4.74 Å². The predicted octanol–water partition coefficient (Wildman–Crippen LogP) is 2.25. The van der Waals surface area contributed by atoms with Crippen molar-refractivity contribution in [2.24, 2.45) is 0 Å². The highest BCUT2D eigenvalue weighted by Crippen LogP contribution is 2.26.